The molecule has 174 valence electrons. The first kappa shape index (κ1) is 23.2. The van der Waals surface area contributed by atoms with Gasteiger partial charge in [-0.15, -0.1) is 0 Å². The fraction of sp³-hybridized carbons (Fsp3) is 0.308. The quantitative estimate of drug-likeness (QED) is 0.336. The van der Waals surface area contributed by atoms with Crippen molar-refractivity contribution in [1.29, 1.82) is 0 Å². The first-order chi connectivity index (χ1) is 16.6. The molecule has 0 spiro atoms. The van der Waals surface area contributed by atoms with Crippen molar-refractivity contribution in [3.05, 3.63) is 60.6 Å². The topological polar surface area (TPSA) is 86.7 Å². The van der Waals surface area contributed by atoms with Gasteiger partial charge in [0.05, 0.1) is 11.1 Å². The van der Waals surface area contributed by atoms with E-state index in [4.69, 9.17) is 4.74 Å². The van der Waals surface area contributed by atoms with Crippen LogP contribution >= 0.6 is 0 Å². The first-order valence-electron chi connectivity index (χ1n) is 11.2. The molecule has 0 bridgehead atoms. The summed E-state index contributed by atoms with van der Waals surface area (Å²) in [6.07, 6.45) is 7.81. The van der Waals surface area contributed by atoms with E-state index in [2.05, 4.69) is 31.8 Å². The van der Waals surface area contributed by atoms with E-state index in [1.165, 1.54) is 6.33 Å². The molecule has 4 rings (SSSR count). The molecule has 1 unspecified atom stereocenters. The van der Waals surface area contributed by atoms with E-state index < -0.39 is 0 Å². The molecular weight excluding hydrogens is 428 g/mol. The molecule has 0 aliphatic carbocycles. The standard InChI is InChI=1S/C26H28N6O2/c1-31(2)13-6-11-24(33)32-14-12-20(18-32)17-27-25-23-16-21(30-26(23)29-19-28-25)8-7-15-34-22-9-4-3-5-10-22/h3-6,9-11,16-17,19-20H,12-15,18H2,1-2H3,(H,28,29,30)/b11-6+,27-17?. The molecule has 1 aromatic carbocycles. The zero-order valence-corrected chi connectivity index (χ0v) is 19.4. The Hall–Kier alpha value is -3.96. The van der Waals surface area contributed by atoms with Gasteiger partial charge in [-0.05, 0) is 44.6 Å². The molecule has 8 heteroatoms. The van der Waals surface area contributed by atoms with Gasteiger partial charge in [-0.25, -0.2) is 15.0 Å². The monoisotopic (exact) mass is 456 g/mol. The lowest BCUT2D eigenvalue weighted by Crippen LogP contribution is -2.27. The maximum absolute atomic E-state index is 12.3. The van der Waals surface area contributed by atoms with Crippen molar-refractivity contribution in [2.45, 2.75) is 6.42 Å². The smallest absolute Gasteiger partial charge is 0.246 e. The first-order valence-corrected chi connectivity index (χ1v) is 11.2. The van der Waals surface area contributed by atoms with Gasteiger partial charge in [0.2, 0.25) is 5.91 Å². The van der Waals surface area contributed by atoms with Gasteiger partial charge < -0.3 is 19.5 Å². The Balaban J connectivity index is 1.36. The number of aromatic amines is 1. The molecule has 8 nitrogen and oxygen atoms in total. The van der Waals surface area contributed by atoms with Crippen LogP contribution in [-0.4, -0.2) is 77.2 Å². The number of aliphatic imine (C=N–C) groups is 1. The van der Waals surface area contributed by atoms with Gasteiger partial charge in [0.15, 0.2) is 5.82 Å². The lowest BCUT2D eigenvalue weighted by atomic mass is 10.1. The van der Waals surface area contributed by atoms with Gasteiger partial charge in [-0.2, -0.15) is 0 Å². The Morgan fingerprint density at radius 1 is 1.32 bits per heavy atom. The van der Waals surface area contributed by atoms with Crippen molar-refractivity contribution in [3.8, 4) is 17.6 Å². The summed E-state index contributed by atoms with van der Waals surface area (Å²) in [4.78, 5) is 32.6. The average Bonchev–Trinajstić information content (AvgIpc) is 3.48. The van der Waals surface area contributed by atoms with E-state index in [0.717, 1.165) is 36.3 Å². The minimum Gasteiger partial charge on any atom is -0.481 e. The molecule has 1 atom stereocenters. The molecule has 1 amide bonds. The number of nitrogens with zero attached hydrogens (tertiary/aromatic N) is 5. The summed E-state index contributed by atoms with van der Waals surface area (Å²) in [6.45, 7) is 2.43. The number of H-pyrrole nitrogens is 1. The number of nitrogens with one attached hydrogen (secondary N) is 1. The molecule has 1 saturated heterocycles. The molecule has 3 heterocycles. The van der Waals surface area contributed by atoms with E-state index in [1.54, 1.807) is 6.08 Å². The van der Waals surface area contributed by atoms with Crippen molar-refractivity contribution in [3.63, 3.8) is 0 Å². The van der Waals surface area contributed by atoms with E-state index in [9.17, 15) is 4.79 Å². The highest BCUT2D eigenvalue weighted by molar-refractivity contribution is 5.89. The third-order valence-electron chi connectivity index (χ3n) is 5.36. The molecular formula is C26H28N6O2. The molecule has 34 heavy (non-hydrogen) atoms. The number of amides is 1. The Bertz CT molecular complexity index is 1240. The maximum atomic E-state index is 12.3. The normalized spacial score (nSPS) is 16.0. The number of carbonyl (C=O) groups excluding carboxylic acids is 1. The minimum atomic E-state index is 0.0484. The summed E-state index contributed by atoms with van der Waals surface area (Å²) in [5, 5.41) is 0.810. The number of aromatic nitrogens is 3. The average molecular weight is 457 g/mol. The van der Waals surface area contributed by atoms with Crippen LogP contribution in [0.25, 0.3) is 11.0 Å². The summed E-state index contributed by atoms with van der Waals surface area (Å²) in [5.74, 6) is 7.69. The summed E-state index contributed by atoms with van der Waals surface area (Å²) in [6, 6.07) is 11.5. The van der Waals surface area contributed by atoms with Crippen LogP contribution < -0.4 is 4.74 Å². The van der Waals surface area contributed by atoms with Gasteiger partial charge in [0, 0.05) is 37.8 Å². The fourth-order valence-corrected chi connectivity index (χ4v) is 3.62. The summed E-state index contributed by atoms with van der Waals surface area (Å²) < 4.78 is 5.61. The Kier molecular flexibility index (Phi) is 7.68. The largest absolute Gasteiger partial charge is 0.481 e. The van der Waals surface area contributed by atoms with Crippen LogP contribution in [0, 0.1) is 17.8 Å². The molecule has 0 saturated carbocycles. The lowest BCUT2D eigenvalue weighted by molar-refractivity contribution is -0.125. The second-order valence-corrected chi connectivity index (χ2v) is 8.32. The maximum Gasteiger partial charge on any atom is 0.246 e. The van der Waals surface area contributed by atoms with Gasteiger partial charge in [0.1, 0.15) is 24.3 Å². The van der Waals surface area contributed by atoms with Gasteiger partial charge >= 0.3 is 0 Å². The van der Waals surface area contributed by atoms with E-state index in [-0.39, 0.29) is 18.4 Å². The number of hydrogen-bond donors (Lipinski definition) is 1. The van der Waals surface area contributed by atoms with Crippen LogP contribution in [0.2, 0.25) is 0 Å². The zero-order chi connectivity index (χ0) is 23.8. The SMILES string of the molecule is CN(C)C/C=C/C(=O)N1CCC(C=Nc2ncnc3[nH]c(C#CCOc4ccccc4)cc23)C1. The number of hydrogen-bond acceptors (Lipinski definition) is 6. The highest BCUT2D eigenvalue weighted by atomic mass is 16.5. The van der Waals surface area contributed by atoms with Crippen LogP contribution in [-0.2, 0) is 4.79 Å². The Morgan fingerprint density at radius 3 is 3.00 bits per heavy atom. The predicted molar refractivity (Wildman–Crippen MR) is 133 cm³/mol. The summed E-state index contributed by atoms with van der Waals surface area (Å²) in [7, 11) is 3.95. The molecule has 1 N–H and O–H groups in total. The van der Waals surface area contributed by atoms with E-state index >= 15 is 0 Å². The number of ether oxygens (including phenoxy) is 1. The molecule has 3 aromatic rings. The lowest BCUT2D eigenvalue weighted by Gasteiger charge is -2.13. The Morgan fingerprint density at radius 2 is 2.18 bits per heavy atom. The van der Waals surface area contributed by atoms with E-state index in [0.29, 0.717) is 18.0 Å². The van der Waals surface area contributed by atoms with Crippen LogP contribution in [0.15, 0.2) is 59.9 Å². The molecule has 1 aliphatic rings. The number of carbonyl (C=O) groups is 1. The molecule has 0 radical (unpaired) electrons. The van der Waals surface area contributed by atoms with Crippen LogP contribution in [0.4, 0.5) is 5.82 Å². The highest BCUT2D eigenvalue weighted by Crippen LogP contribution is 2.23. The van der Waals surface area contributed by atoms with Crippen molar-refractivity contribution >= 4 is 29.0 Å². The minimum absolute atomic E-state index is 0.0484. The van der Waals surface area contributed by atoms with E-state index in [1.807, 2.05) is 72.6 Å². The number of benzene rings is 1. The number of likely N-dealkylation sites (tertiary alicyclic amines) is 1. The third kappa shape index (κ3) is 6.30. The van der Waals surface area contributed by atoms with Crippen molar-refractivity contribution in [1.82, 2.24) is 24.8 Å². The number of para-hydroxylation sites is 1. The second-order valence-electron chi connectivity index (χ2n) is 8.32. The number of fused-ring (bicyclic) bond motifs is 1. The number of rotatable bonds is 7. The number of likely N-dealkylation sites (N-methyl/N-ethyl adjacent to an activating group) is 1. The van der Waals surface area contributed by atoms with Gasteiger partial charge in [0.25, 0.3) is 0 Å². The van der Waals surface area contributed by atoms with Crippen molar-refractivity contribution < 1.29 is 9.53 Å². The molecule has 2 aromatic heterocycles. The molecule has 1 fully saturated rings. The zero-order valence-electron chi connectivity index (χ0n) is 19.4. The fourth-order valence-electron chi connectivity index (χ4n) is 3.62. The van der Waals surface area contributed by atoms with Gasteiger partial charge in [-0.3, -0.25) is 4.79 Å². The Labute approximate surface area is 199 Å². The second kappa shape index (κ2) is 11.3. The summed E-state index contributed by atoms with van der Waals surface area (Å²) in [5.41, 5.74) is 1.41. The highest BCUT2D eigenvalue weighted by Gasteiger charge is 2.23. The van der Waals surface area contributed by atoms with Crippen LogP contribution in [0.1, 0.15) is 12.1 Å². The van der Waals surface area contributed by atoms with Crippen LogP contribution in [0.3, 0.4) is 0 Å². The predicted octanol–water partition coefficient (Wildman–Crippen LogP) is 3.06. The van der Waals surface area contributed by atoms with Crippen molar-refractivity contribution in [2.75, 3.05) is 40.3 Å². The van der Waals surface area contributed by atoms with Gasteiger partial charge in [-0.1, -0.05) is 30.2 Å². The third-order valence-corrected chi connectivity index (χ3v) is 5.36. The summed E-state index contributed by atoms with van der Waals surface area (Å²) >= 11 is 0. The van der Waals surface area contributed by atoms with Crippen LogP contribution in [0.5, 0.6) is 5.75 Å². The molecule has 1 aliphatic heterocycles. The van der Waals surface area contributed by atoms with Crippen molar-refractivity contribution in [2.24, 2.45) is 10.9 Å².